The number of ether oxygens (including phenoxy) is 2. The number of amides is 1. The number of carbonyl (C=O) groups is 1. The van der Waals surface area contributed by atoms with E-state index in [1.54, 1.807) is 56.7 Å². The van der Waals surface area contributed by atoms with Gasteiger partial charge in [0, 0.05) is 23.9 Å². The van der Waals surface area contributed by atoms with Gasteiger partial charge in [-0.3, -0.25) is 4.79 Å². The quantitative estimate of drug-likeness (QED) is 0.730. The number of anilines is 2. The Morgan fingerprint density at radius 1 is 1.04 bits per heavy atom. The van der Waals surface area contributed by atoms with Gasteiger partial charge < -0.3 is 25.8 Å². The molecular formula is C16H17N3O3S. The van der Waals surface area contributed by atoms with Gasteiger partial charge in [0.25, 0.3) is 5.91 Å². The maximum absolute atomic E-state index is 11.4. The minimum Gasteiger partial charge on any atom is -0.497 e. The second-order valence-electron chi connectivity index (χ2n) is 4.59. The number of hydrogen-bond acceptors (Lipinski definition) is 4. The van der Waals surface area contributed by atoms with Crippen LogP contribution >= 0.6 is 12.2 Å². The van der Waals surface area contributed by atoms with Gasteiger partial charge in [0.05, 0.1) is 25.5 Å². The van der Waals surface area contributed by atoms with Crippen LogP contribution in [0.25, 0.3) is 0 Å². The predicted molar refractivity (Wildman–Crippen MR) is 94.3 cm³/mol. The molecule has 0 fully saturated rings. The summed E-state index contributed by atoms with van der Waals surface area (Å²) in [6.45, 7) is 0. The molecule has 0 spiro atoms. The summed E-state index contributed by atoms with van der Waals surface area (Å²) in [6.07, 6.45) is 0. The summed E-state index contributed by atoms with van der Waals surface area (Å²) in [5.74, 6) is 0.735. The lowest BCUT2D eigenvalue weighted by Gasteiger charge is -2.14. The van der Waals surface area contributed by atoms with E-state index in [4.69, 9.17) is 27.4 Å². The highest BCUT2D eigenvalue weighted by atomic mass is 32.1. The molecule has 0 heterocycles. The standard InChI is InChI=1S/C16H17N3O3S/c1-21-11-7-10(8-12(9-11)22-2)18-16(23)19-14-6-4-3-5-13(14)15(17)20/h3-9H,1-2H3,(H2,17,20)(H2,18,19,23). The number of nitrogens with one attached hydrogen (secondary N) is 2. The number of hydrogen-bond donors (Lipinski definition) is 3. The topological polar surface area (TPSA) is 85.6 Å². The molecule has 0 aliphatic carbocycles. The average molecular weight is 331 g/mol. The van der Waals surface area contributed by atoms with E-state index in [1.807, 2.05) is 0 Å². The predicted octanol–water partition coefficient (Wildman–Crippen LogP) is 2.61. The van der Waals surface area contributed by atoms with Crippen LogP contribution in [0.3, 0.4) is 0 Å². The Bertz CT molecular complexity index is 712. The van der Waals surface area contributed by atoms with Crippen molar-refractivity contribution in [2.45, 2.75) is 0 Å². The summed E-state index contributed by atoms with van der Waals surface area (Å²) in [6, 6.07) is 12.2. The van der Waals surface area contributed by atoms with Crippen molar-refractivity contribution in [3.63, 3.8) is 0 Å². The van der Waals surface area contributed by atoms with Gasteiger partial charge in [-0.25, -0.2) is 0 Å². The highest BCUT2D eigenvalue weighted by Crippen LogP contribution is 2.26. The van der Waals surface area contributed by atoms with E-state index in [0.29, 0.717) is 33.5 Å². The Kier molecular flexibility index (Phi) is 5.37. The summed E-state index contributed by atoms with van der Waals surface area (Å²) in [5.41, 5.74) is 6.93. The van der Waals surface area contributed by atoms with E-state index in [0.717, 1.165) is 0 Å². The van der Waals surface area contributed by atoms with Crippen LogP contribution in [0.15, 0.2) is 42.5 Å². The third-order valence-electron chi connectivity index (χ3n) is 3.05. The fourth-order valence-corrected chi connectivity index (χ4v) is 2.20. The Balaban J connectivity index is 2.16. The number of para-hydroxylation sites is 1. The Morgan fingerprint density at radius 2 is 1.65 bits per heavy atom. The first-order valence-electron chi connectivity index (χ1n) is 6.73. The van der Waals surface area contributed by atoms with Gasteiger partial charge in [0.1, 0.15) is 11.5 Å². The van der Waals surface area contributed by atoms with Crippen molar-refractivity contribution in [1.82, 2.24) is 0 Å². The summed E-state index contributed by atoms with van der Waals surface area (Å²) in [4.78, 5) is 11.4. The van der Waals surface area contributed by atoms with E-state index in [9.17, 15) is 4.79 Å². The van der Waals surface area contributed by atoms with Gasteiger partial charge in [-0.2, -0.15) is 0 Å². The summed E-state index contributed by atoms with van der Waals surface area (Å²) in [5, 5.41) is 6.28. The van der Waals surface area contributed by atoms with Crippen LogP contribution in [-0.4, -0.2) is 25.2 Å². The molecule has 0 saturated heterocycles. The summed E-state index contributed by atoms with van der Waals surface area (Å²) in [7, 11) is 3.14. The molecule has 0 atom stereocenters. The Morgan fingerprint density at radius 3 is 2.22 bits per heavy atom. The second kappa shape index (κ2) is 7.46. The van der Waals surface area contributed by atoms with Gasteiger partial charge in [-0.15, -0.1) is 0 Å². The van der Waals surface area contributed by atoms with Crippen LogP contribution in [0, 0.1) is 0 Å². The Labute approximate surface area is 139 Å². The van der Waals surface area contributed by atoms with Crippen LogP contribution in [0.2, 0.25) is 0 Å². The molecule has 6 nitrogen and oxygen atoms in total. The molecule has 0 radical (unpaired) electrons. The SMILES string of the molecule is COc1cc(NC(=S)Nc2ccccc2C(N)=O)cc(OC)c1. The van der Waals surface area contributed by atoms with E-state index >= 15 is 0 Å². The molecule has 0 unspecified atom stereocenters. The van der Waals surface area contributed by atoms with Gasteiger partial charge >= 0.3 is 0 Å². The molecular weight excluding hydrogens is 314 g/mol. The van der Waals surface area contributed by atoms with Crippen molar-refractivity contribution in [2.24, 2.45) is 5.73 Å². The lowest BCUT2D eigenvalue weighted by Crippen LogP contribution is -2.22. The van der Waals surface area contributed by atoms with Gasteiger partial charge in [-0.05, 0) is 24.4 Å². The lowest BCUT2D eigenvalue weighted by molar-refractivity contribution is 0.100. The van der Waals surface area contributed by atoms with Crippen LogP contribution in [0.4, 0.5) is 11.4 Å². The third-order valence-corrected chi connectivity index (χ3v) is 3.25. The van der Waals surface area contributed by atoms with Crippen LogP contribution < -0.4 is 25.8 Å². The zero-order valence-electron chi connectivity index (χ0n) is 12.8. The first kappa shape index (κ1) is 16.6. The maximum Gasteiger partial charge on any atom is 0.250 e. The van der Waals surface area contributed by atoms with Crippen molar-refractivity contribution < 1.29 is 14.3 Å². The van der Waals surface area contributed by atoms with Crippen LogP contribution in [0.5, 0.6) is 11.5 Å². The normalized spacial score (nSPS) is 9.83. The highest BCUT2D eigenvalue weighted by molar-refractivity contribution is 7.80. The number of methoxy groups -OCH3 is 2. The van der Waals surface area contributed by atoms with E-state index in [-0.39, 0.29) is 0 Å². The molecule has 0 saturated carbocycles. The molecule has 0 aromatic heterocycles. The largest absolute Gasteiger partial charge is 0.497 e. The highest BCUT2D eigenvalue weighted by Gasteiger charge is 2.09. The molecule has 120 valence electrons. The van der Waals surface area contributed by atoms with Gasteiger partial charge in [-0.1, -0.05) is 12.1 Å². The zero-order chi connectivity index (χ0) is 16.8. The molecule has 2 aromatic carbocycles. The van der Waals surface area contributed by atoms with Crippen molar-refractivity contribution in [3.8, 4) is 11.5 Å². The monoisotopic (exact) mass is 331 g/mol. The molecule has 2 rings (SSSR count). The molecule has 1 amide bonds. The maximum atomic E-state index is 11.4. The van der Waals surface area contributed by atoms with Crippen molar-refractivity contribution in [2.75, 3.05) is 24.9 Å². The Hall–Kier alpha value is -2.80. The number of thiocarbonyl (C=S) groups is 1. The lowest BCUT2D eigenvalue weighted by atomic mass is 10.1. The van der Waals surface area contributed by atoms with Crippen molar-refractivity contribution >= 4 is 34.6 Å². The van der Waals surface area contributed by atoms with Gasteiger partial charge in [0.15, 0.2) is 5.11 Å². The zero-order valence-corrected chi connectivity index (χ0v) is 13.6. The van der Waals surface area contributed by atoms with Crippen molar-refractivity contribution in [3.05, 3.63) is 48.0 Å². The van der Waals surface area contributed by atoms with E-state index in [1.165, 1.54) is 0 Å². The molecule has 0 aliphatic heterocycles. The van der Waals surface area contributed by atoms with Gasteiger partial charge in [0.2, 0.25) is 0 Å². The first-order valence-corrected chi connectivity index (χ1v) is 7.14. The van der Waals surface area contributed by atoms with Crippen LogP contribution in [-0.2, 0) is 0 Å². The summed E-state index contributed by atoms with van der Waals surface area (Å²) < 4.78 is 10.4. The number of nitrogens with two attached hydrogens (primary N) is 1. The molecule has 0 bridgehead atoms. The molecule has 7 heteroatoms. The minimum absolute atomic E-state index is 0.314. The van der Waals surface area contributed by atoms with E-state index in [2.05, 4.69) is 10.6 Å². The fraction of sp³-hybridized carbons (Fsp3) is 0.125. The molecule has 4 N–H and O–H groups in total. The molecule has 23 heavy (non-hydrogen) atoms. The second-order valence-corrected chi connectivity index (χ2v) is 5.00. The minimum atomic E-state index is -0.529. The number of rotatable bonds is 5. The average Bonchev–Trinajstić information content (AvgIpc) is 2.54. The number of carbonyl (C=O) groups excluding carboxylic acids is 1. The summed E-state index contributed by atoms with van der Waals surface area (Å²) >= 11 is 5.27. The van der Waals surface area contributed by atoms with Crippen LogP contribution in [0.1, 0.15) is 10.4 Å². The molecule has 0 aliphatic rings. The van der Waals surface area contributed by atoms with E-state index < -0.39 is 5.91 Å². The van der Waals surface area contributed by atoms with Crippen molar-refractivity contribution in [1.29, 1.82) is 0 Å². The number of primary amides is 1. The number of benzene rings is 2. The third kappa shape index (κ3) is 4.33. The first-order chi connectivity index (χ1) is 11.0. The smallest absolute Gasteiger partial charge is 0.250 e. The fourth-order valence-electron chi connectivity index (χ4n) is 1.97. The molecule has 2 aromatic rings.